The summed E-state index contributed by atoms with van der Waals surface area (Å²) in [5, 5.41) is 1.15. The van der Waals surface area contributed by atoms with E-state index in [0.29, 0.717) is 0 Å². The lowest BCUT2D eigenvalue weighted by molar-refractivity contribution is -0.646. The summed E-state index contributed by atoms with van der Waals surface area (Å²) in [6, 6.07) is 12.2. The SMILES string of the molecule is C[n+]1cccc2ccc(-c3ccc[nH]3)nc21. The van der Waals surface area contributed by atoms with Gasteiger partial charge in [0.05, 0.1) is 24.3 Å². The largest absolute Gasteiger partial charge is 0.358 e. The highest BCUT2D eigenvalue weighted by Gasteiger charge is 2.11. The van der Waals surface area contributed by atoms with Gasteiger partial charge in [0.1, 0.15) is 0 Å². The lowest BCUT2D eigenvalue weighted by Crippen LogP contribution is -2.28. The molecule has 3 nitrogen and oxygen atoms in total. The number of aryl methyl sites for hydroxylation is 1. The van der Waals surface area contributed by atoms with Crippen LogP contribution in [0.4, 0.5) is 0 Å². The van der Waals surface area contributed by atoms with Crippen molar-refractivity contribution in [2.24, 2.45) is 7.05 Å². The van der Waals surface area contributed by atoms with Crippen molar-refractivity contribution in [3.05, 3.63) is 48.8 Å². The molecule has 1 N–H and O–H groups in total. The van der Waals surface area contributed by atoms with Crippen molar-refractivity contribution in [2.75, 3.05) is 0 Å². The number of hydrogen-bond donors (Lipinski definition) is 1. The summed E-state index contributed by atoms with van der Waals surface area (Å²) >= 11 is 0. The molecule has 3 aromatic heterocycles. The van der Waals surface area contributed by atoms with Crippen LogP contribution in [0.1, 0.15) is 0 Å². The predicted octanol–water partition coefficient (Wildman–Crippen LogP) is 2.05. The number of nitrogens with zero attached hydrogens (tertiary/aromatic N) is 2. The van der Waals surface area contributed by atoms with E-state index in [1.165, 1.54) is 0 Å². The van der Waals surface area contributed by atoms with E-state index in [2.05, 4.69) is 22.1 Å². The molecule has 3 rings (SSSR count). The summed E-state index contributed by atoms with van der Waals surface area (Å²) < 4.78 is 2.03. The Morgan fingerprint density at radius 1 is 1.12 bits per heavy atom. The summed E-state index contributed by atoms with van der Waals surface area (Å²) in [5.41, 5.74) is 3.01. The van der Waals surface area contributed by atoms with Crippen molar-refractivity contribution < 1.29 is 4.57 Å². The Morgan fingerprint density at radius 3 is 2.88 bits per heavy atom. The van der Waals surface area contributed by atoms with Gasteiger partial charge in [0, 0.05) is 6.20 Å². The molecule has 0 aliphatic carbocycles. The first-order valence-electron chi connectivity index (χ1n) is 5.24. The lowest BCUT2D eigenvalue weighted by Gasteiger charge is -1.96. The summed E-state index contributed by atoms with van der Waals surface area (Å²) in [5.74, 6) is 0. The molecule has 0 unspecified atom stereocenters. The highest BCUT2D eigenvalue weighted by atomic mass is 15.0. The standard InChI is InChI=1S/C13H11N3/c1-16-9-3-4-10-6-7-12(15-13(10)16)11-5-2-8-14-11/h2-9H,1H3/p+1. The van der Waals surface area contributed by atoms with E-state index in [9.17, 15) is 0 Å². The molecule has 0 radical (unpaired) electrons. The number of aromatic nitrogens is 3. The minimum atomic E-state index is 0.972. The van der Waals surface area contributed by atoms with Gasteiger partial charge in [-0.05, 0) is 41.4 Å². The highest BCUT2D eigenvalue weighted by molar-refractivity contribution is 5.74. The molecule has 0 atom stereocenters. The van der Waals surface area contributed by atoms with Crippen LogP contribution in [0.15, 0.2) is 48.8 Å². The van der Waals surface area contributed by atoms with Gasteiger partial charge < -0.3 is 4.98 Å². The second-order valence-electron chi connectivity index (χ2n) is 3.81. The van der Waals surface area contributed by atoms with E-state index in [1.807, 2.05) is 48.3 Å². The number of pyridine rings is 2. The molecule has 3 aromatic rings. The Bertz CT molecular complexity index is 627. The minimum absolute atomic E-state index is 0.972. The fourth-order valence-electron chi connectivity index (χ4n) is 1.86. The number of aromatic amines is 1. The zero-order valence-corrected chi connectivity index (χ0v) is 9.01. The summed E-state index contributed by atoms with van der Waals surface area (Å²) in [4.78, 5) is 7.81. The second-order valence-corrected chi connectivity index (χ2v) is 3.81. The summed E-state index contributed by atoms with van der Waals surface area (Å²) in [7, 11) is 2.01. The third kappa shape index (κ3) is 1.37. The lowest BCUT2D eigenvalue weighted by atomic mass is 10.2. The minimum Gasteiger partial charge on any atom is -0.358 e. The smallest absolute Gasteiger partial charge is 0.330 e. The number of rotatable bonds is 1. The molecule has 0 fully saturated rings. The van der Waals surface area contributed by atoms with Crippen molar-refractivity contribution in [1.82, 2.24) is 9.97 Å². The van der Waals surface area contributed by atoms with E-state index in [0.717, 1.165) is 22.4 Å². The predicted molar refractivity (Wildman–Crippen MR) is 62.7 cm³/mol. The van der Waals surface area contributed by atoms with Crippen molar-refractivity contribution in [2.45, 2.75) is 0 Å². The number of H-pyrrole nitrogens is 1. The normalized spacial score (nSPS) is 10.8. The maximum Gasteiger partial charge on any atom is 0.330 e. The van der Waals surface area contributed by atoms with Crippen LogP contribution < -0.4 is 4.57 Å². The quantitative estimate of drug-likeness (QED) is 0.613. The van der Waals surface area contributed by atoms with Gasteiger partial charge >= 0.3 is 5.65 Å². The average molecular weight is 210 g/mol. The molecule has 0 saturated carbocycles. The molecule has 0 spiro atoms. The van der Waals surface area contributed by atoms with Crippen LogP contribution in [-0.2, 0) is 7.05 Å². The molecular weight excluding hydrogens is 198 g/mol. The second kappa shape index (κ2) is 3.45. The van der Waals surface area contributed by atoms with Crippen molar-refractivity contribution in [3.63, 3.8) is 0 Å². The van der Waals surface area contributed by atoms with Crippen molar-refractivity contribution >= 4 is 11.0 Å². The molecular formula is C13H12N3+. The molecule has 0 saturated heterocycles. The Kier molecular flexibility index (Phi) is 1.96. The Labute approximate surface area is 93.4 Å². The Balaban J connectivity index is 2.27. The molecule has 16 heavy (non-hydrogen) atoms. The van der Waals surface area contributed by atoms with E-state index in [-0.39, 0.29) is 0 Å². The number of nitrogens with one attached hydrogen (secondary N) is 1. The van der Waals surface area contributed by atoms with E-state index < -0.39 is 0 Å². The van der Waals surface area contributed by atoms with Gasteiger partial charge in [-0.1, -0.05) is 0 Å². The third-order valence-electron chi connectivity index (χ3n) is 2.70. The molecule has 0 aliphatic heterocycles. The molecule has 3 heterocycles. The van der Waals surface area contributed by atoms with Crippen LogP contribution in [0.25, 0.3) is 22.4 Å². The fourth-order valence-corrected chi connectivity index (χ4v) is 1.86. The van der Waals surface area contributed by atoms with Crippen LogP contribution in [-0.4, -0.2) is 9.97 Å². The van der Waals surface area contributed by atoms with Gasteiger partial charge in [0.2, 0.25) is 0 Å². The number of hydrogen-bond acceptors (Lipinski definition) is 1. The molecule has 78 valence electrons. The zero-order chi connectivity index (χ0) is 11.0. The van der Waals surface area contributed by atoms with Crippen molar-refractivity contribution in [3.8, 4) is 11.4 Å². The first kappa shape index (κ1) is 9.09. The van der Waals surface area contributed by atoms with Crippen molar-refractivity contribution in [1.29, 1.82) is 0 Å². The first-order valence-corrected chi connectivity index (χ1v) is 5.24. The number of fused-ring (bicyclic) bond motifs is 1. The van der Waals surface area contributed by atoms with Crippen LogP contribution in [0, 0.1) is 0 Å². The van der Waals surface area contributed by atoms with E-state index in [1.54, 1.807) is 0 Å². The van der Waals surface area contributed by atoms with Crippen LogP contribution in [0.5, 0.6) is 0 Å². The first-order chi connectivity index (χ1) is 7.84. The average Bonchev–Trinajstić information content (AvgIpc) is 2.83. The fraction of sp³-hybridized carbons (Fsp3) is 0.0769. The Hall–Kier alpha value is -2.16. The maximum absolute atomic E-state index is 4.65. The Morgan fingerprint density at radius 2 is 2.06 bits per heavy atom. The topological polar surface area (TPSA) is 32.6 Å². The molecule has 0 bridgehead atoms. The molecule has 3 heteroatoms. The van der Waals surface area contributed by atoms with Gasteiger partial charge in [-0.3, -0.25) is 0 Å². The van der Waals surface area contributed by atoms with Gasteiger partial charge in [0.25, 0.3) is 0 Å². The van der Waals surface area contributed by atoms with E-state index in [4.69, 9.17) is 0 Å². The van der Waals surface area contributed by atoms with Gasteiger partial charge in [-0.15, -0.1) is 0 Å². The maximum atomic E-state index is 4.65. The summed E-state index contributed by atoms with van der Waals surface area (Å²) in [6.45, 7) is 0. The highest BCUT2D eigenvalue weighted by Crippen LogP contribution is 2.16. The van der Waals surface area contributed by atoms with Gasteiger partial charge in [0.15, 0.2) is 5.69 Å². The van der Waals surface area contributed by atoms with E-state index >= 15 is 0 Å². The molecule has 0 aromatic carbocycles. The monoisotopic (exact) mass is 210 g/mol. The molecule has 0 amide bonds. The van der Waals surface area contributed by atoms with Crippen LogP contribution >= 0.6 is 0 Å². The zero-order valence-electron chi connectivity index (χ0n) is 9.01. The summed E-state index contributed by atoms with van der Waals surface area (Å²) in [6.07, 6.45) is 3.92. The van der Waals surface area contributed by atoms with Crippen LogP contribution in [0.2, 0.25) is 0 Å². The molecule has 0 aliphatic rings. The third-order valence-corrected chi connectivity index (χ3v) is 2.70. The van der Waals surface area contributed by atoms with Crippen LogP contribution in [0.3, 0.4) is 0 Å². The van der Waals surface area contributed by atoms with Gasteiger partial charge in [-0.2, -0.15) is 0 Å². The van der Waals surface area contributed by atoms with Gasteiger partial charge in [-0.25, -0.2) is 4.57 Å².